The number of thioether (sulfide) groups is 2. The van der Waals surface area contributed by atoms with Crippen LogP contribution in [0.25, 0.3) is 0 Å². The highest BCUT2D eigenvalue weighted by Crippen LogP contribution is 2.43. The molecule has 1 aliphatic rings. The molecule has 0 aromatic carbocycles. The molecule has 1 rings (SSSR count). The van der Waals surface area contributed by atoms with Crippen LogP contribution in [0.2, 0.25) is 0 Å². The fraction of sp³-hybridized carbons (Fsp3) is 0.900. The molecule has 0 aromatic rings. The maximum Gasteiger partial charge on any atom is 0.308 e. The smallest absolute Gasteiger partial charge is 0.308 e. The van der Waals surface area contributed by atoms with Crippen molar-refractivity contribution < 1.29 is 9.53 Å². The summed E-state index contributed by atoms with van der Waals surface area (Å²) in [5.74, 6) is 0.998. The molecule has 15 heavy (non-hydrogen) atoms. The van der Waals surface area contributed by atoms with E-state index in [-0.39, 0.29) is 10.9 Å². The number of carbonyl (C=O) groups excluding carboxylic acids is 1. The van der Waals surface area contributed by atoms with Crippen molar-refractivity contribution in [2.24, 2.45) is 0 Å². The molecule has 0 radical (unpaired) electrons. The number of alkyl halides is 1. The van der Waals surface area contributed by atoms with Crippen molar-refractivity contribution in [1.82, 2.24) is 0 Å². The van der Waals surface area contributed by atoms with Crippen LogP contribution in [-0.4, -0.2) is 33.0 Å². The minimum absolute atomic E-state index is 0.192. The predicted octanol–water partition coefficient (Wildman–Crippen LogP) is 3.13. The van der Waals surface area contributed by atoms with Gasteiger partial charge in [0.05, 0.1) is 6.42 Å². The van der Waals surface area contributed by atoms with E-state index < -0.39 is 0 Å². The summed E-state index contributed by atoms with van der Waals surface area (Å²) in [6, 6.07) is 0. The van der Waals surface area contributed by atoms with Gasteiger partial charge in [0.2, 0.25) is 0 Å². The average molecular weight is 269 g/mol. The van der Waals surface area contributed by atoms with Crippen LogP contribution in [0.5, 0.6) is 0 Å². The highest BCUT2D eigenvalue weighted by atomic mass is 35.5. The molecule has 0 aromatic heterocycles. The molecule has 0 spiro atoms. The van der Waals surface area contributed by atoms with Crippen molar-refractivity contribution in [3.05, 3.63) is 0 Å². The molecule has 0 bridgehead atoms. The first-order valence-electron chi connectivity index (χ1n) is 5.04. The Bertz CT molecular complexity index is 237. The third-order valence-electron chi connectivity index (χ3n) is 2.33. The summed E-state index contributed by atoms with van der Waals surface area (Å²) in [4.78, 5) is 11.0. The molecule has 1 fully saturated rings. The van der Waals surface area contributed by atoms with E-state index in [4.69, 9.17) is 16.3 Å². The largest absolute Gasteiger partial charge is 0.447 e. The Morgan fingerprint density at radius 2 is 2.20 bits per heavy atom. The van der Waals surface area contributed by atoms with Crippen LogP contribution < -0.4 is 0 Å². The number of hydrogen-bond acceptors (Lipinski definition) is 4. The van der Waals surface area contributed by atoms with Gasteiger partial charge >= 0.3 is 5.97 Å². The molecule has 2 nitrogen and oxygen atoms in total. The molecule has 5 heteroatoms. The number of hydrogen-bond donors (Lipinski definition) is 0. The first-order valence-corrected chi connectivity index (χ1v) is 7.50. The van der Waals surface area contributed by atoms with Gasteiger partial charge in [0.1, 0.15) is 0 Å². The van der Waals surface area contributed by atoms with Crippen LogP contribution in [0.4, 0.5) is 0 Å². The summed E-state index contributed by atoms with van der Waals surface area (Å²) in [6.45, 7) is 6.37. The standard InChI is InChI=1S/C10H17ClO2S2/c1-7-8(2)15-10(3,6-14-7)13-9(12)4-5-11/h7-8H,4-6H2,1-3H3. The van der Waals surface area contributed by atoms with Crippen LogP contribution in [0.15, 0.2) is 0 Å². The second kappa shape index (κ2) is 5.69. The van der Waals surface area contributed by atoms with Crippen LogP contribution in [0.3, 0.4) is 0 Å². The first-order chi connectivity index (χ1) is 6.97. The fourth-order valence-corrected chi connectivity index (χ4v) is 4.41. The van der Waals surface area contributed by atoms with Crippen molar-refractivity contribution >= 4 is 41.1 Å². The zero-order chi connectivity index (χ0) is 11.5. The van der Waals surface area contributed by atoms with Gasteiger partial charge in [0.15, 0.2) is 4.93 Å². The predicted molar refractivity (Wildman–Crippen MR) is 68.8 cm³/mol. The van der Waals surface area contributed by atoms with Crippen LogP contribution in [-0.2, 0) is 9.53 Å². The SMILES string of the molecule is CC1SCC(C)(OC(=O)CCCl)SC1C. The molecular formula is C10H17ClO2S2. The van der Waals surface area contributed by atoms with Crippen molar-refractivity contribution in [2.75, 3.05) is 11.6 Å². The van der Waals surface area contributed by atoms with E-state index in [0.717, 1.165) is 5.75 Å². The minimum Gasteiger partial charge on any atom is -0.447 e. The van der Waals surface area contributed by atoms with E-state index in [1.165, 1.54) is 0 Å². The van der Waals surface area contributed by atoms with Gasteiger partial charge in [0.25, 0.3) is 0 Å². The Balaban J connectivity index is 2.49. The van der Waals surface area contributed by atoms with E-state index >= 15 is 0 Å². The van der Waals surface area contributed by atoms with E-state index in [2.05, 4.69) is 13.8 Å². The minimum atomic E-state index is -0.375. The topological polar surface area (TPSA) is 26.3 Å². The molecule has 0 saturated carbocycles. The number of ether oxygens (including phenoxy) is 1. The molecule has 3 atom stereocenters. The molecule has 3 unspecified atom stereocenters. The normalized spacial score (nSPS) is 36.3. The third-order valence-corrected chi connectivity index (χ3v) is 6.03. The Labute approximate surface area is 105 Å². The molecule has 0 amide bonds. The van der Waals surface area contributed by atoms with Crippen molar-refractivity contribution in [2.45, 2.75) is 42.6 Å². The third kappa shape index (κ3) is 4.08. The number of carbonyl (C=O) groups is 1. The monoisotopic (exact) mass is 268 g/mol. The van der Waals surface area contributed by atoms with E-state index in [0.29, 0.717) is 22.8 Å². The zero-order valence-corrected chi connectivity index (χ0v) is 11.7. The van der Waals surface area contributed by atoms with Crippen molar-refractivity contribution in [3.8, 4) is 0 Å². The van der Waals surface area contributed by atoms with Gasteiger partial charge in [-0.05, 0) is 6.92 Å². The highest BCUT2D eigenvalue weighted by molar-refractivity contribution is 8.07. The van der Waals surface area contributed by atoms with Gasteiger partial charge < -0.3 is 4.74 Å². The summed E-state index contributed by atoms with van der Waals surface area (Å²) in [6.07, 6.45) is 0.298. The lowest BCUT2D eigenvalue weighted by Crippen LogP contribution is -2.39. The summed E-state index contributed by atoms with van der Waals surface area (Å²) in [5.41, 5.74) is 0. The summed E-state index contributed by atoms with van der Waals surface area (Å²) < 4.78 is 5.46. The summed E-state index contributed by atoms with van der Waals surface area (Å²) in [7, 11) is 0. The van der Waals surface area contributed by atoms with Crippen LogP contribution >= 0.6 is 35.1 Å². The number of halogens is 1. The van der Waals surface area contributed by atoms with Crippen LogP contribution in [0.1, 0.15) is 27.2 Å². The molecule has 1 aliphatic heterocycles. The maximum atomic E-state index is 11.4. The second-order valence-corrected chi connectivity index (χ2v) is 7.47. The van der Waals surface area contributed by atoms with Gasteiger partial charge in [0, 0.05) is 22.1 Å². The Morgan fingerprint density at radius 3 is 2.73 bits per heavy atom. The quantitative estimate of drug-likeness (QED) is 0.580. The van der Waals surface area contributed by atoms with E-state index in [1.807, 2.05) is 18.7 Å². The molecule has 0 aliphatic carbocycles. The van der Waals surface area contributed by atoms with Crippen LogP contribution in [0, 0.1) is 0 Å². The maximum absolute atomic E-state index is 11.4. The number of rotatable bonds is 3. The van der Waals surface area contributed by atoms with Gasteiger partial charge in [-0.15, -0.1) is 23.4 Å². The average Bonchev–Trinajstić information content (AvgIpc) is 2.12. The molecule has 1 saturated heterocycles. The summed E-state index contributed by atoms with van der Waals surface area (Å²) >= 11 is 9.10. The van der Waals surface area contributed by atoms with Crippen molar-refractivity contribution in [1.29, 1.82) is 0 Å². The lowest BCUT2D eigenvalue weighted by molar-refractivity contribution is -0.148. The first kappa shape index (κ1) is 13.5. The Hall–Kier alpha value is 0.460. The molecule has 88 valence electrons. The zero-order valence-electron chi connectivity index (χ0n) is 9.29. The summed E-state index contributed by atoms with van der Waals surface area (Å²) in [5, 5.41) is 1.13. The van der Waals surface area contributed by atoms with Crippen molar-refractivity contribution in [3.63, 3.8) is 0 Å². The fourth-order valence-electron chi connectivity index (χ4n) is 1.36. The van der Waals surface area contributed by atoms with Gasteiger partial charge in [-0.25, -0.2) is 0 Å². The number of esters is 1. The molecular weight excluding hydrogens is 252 g/mol. The van der Waals surface area contributed by atoms with Gasteiger partial charge in [-0.3, -0.25) is 4.79 Å². The van der Waals surface area contributed by atoms with E-state index in [1.54, 1.807) is 11.8 Å². The molecule has 0 N–H and O–H groups in total. The molecule has 1 heterocycles. The Morgan fingerprint density at radius 1 is 1.53 bits per heavy atom. The lowest BCUT2D eigenvalue weighted by atomic mass is 10.3. The van der Waals surface area contributed by atoms with E-state index in [9.17, 15) is 4.79 Å². The Kier molecular flexibility index (Phi) is 5.13. The second-order valence-electron chi connectivity index (χ2n) is 3.89. The van der Waals surface area contributed by atoms with Gasteiger partial charge in [-0.1, -0.05) is 13.8 Å². The van der Waals surface area contributed by atoms with Gasteiger partial charge in [-0.2, -0.15) is 11.8 Å². The lowest BCUT2D eigenvalue weighted by Gasteiger charge is -2.38. The highest BCUT2D eigenvalue weighted by Gasteiger charge is 2.38.